The van der Waals surface area contributed by atoms with Crippen molar-refractivity contribution < 1.29 is 4.79 Å². The van der Waals surface area contributed by atoms with Crippen molar-refractivity contribution in [2.75, 3.05) is 12.3 Å². The predicted molar refractivity (Wildman–Crippen MR) is 83.6 cm³/mol. The Morgan fingerprint density at radius 1 is 1.43 bits per heavy atom. The fourth-order valence-electron chi connectivity index (χ4n) is 1.93. The average molecular weight is 305 g/mol. The molecule has 0 bridgehead atoms. The van der Waals surface area contributed by atoms with Crippen LogP contribution in [0.15, 0.2) is 35.5 Å². The molecule has 0 saturated heterocycles. The van der Waals surface area contributed by atoms with Gasteiger partial charge in [-0.05, 0) is 19.4 Å². The minimum atomic E-state index is -0.260. The van der Waals surface area contributed by atoms with E-state index in [1.807, 2.05) is 49.1 Å². The molecule has 2 aromatic rings. The molecule has 21 heavy (non-hydrogen) atoms. The molecule has 0 fully saturated rings. The number of thioether (sulfide) groups is 1. The fraction of sp³-hybridized carbons (Fsp3) is 0.357. The molecule has 1 heterocycles. The van der Waals surface area contributed by atoms with Crippen molar-refractivity contribution in [1.82, 2.24) is 20.1 Å². The second-order valence-electron chi connectivity index (χ2n) is 4.60. The van der Waals surface area contributed by atoms with Crippen LogP contribution in [0.3, 0.4) is 0 Å². The van der Waals surface area contributed by atoms with E-state index < -0.39 is 0 Å². The average Bonchev–Trinajstić information content (AvgIpc) is 2.90. The first-order chi connectivity index (χ1) is 10.1. The molecule has 7 heteroatoms. The van der Waals surface area contributed by atoms with Gasteiger partial charge in [-0.25, -0.2) is 5.10 Å². The summed E-state index contributed by atoms with van der Waals surface area (Å²) in [6.07, 6.45) is 0. The minimum absolute atomic E-state index is 0.0646. The Hall–Kier alpha value is -2.02. The molecule has 1 amide bonds. The lowest BCUT2D eigenvalue weighted by Gasteiger charge is -2.23. The van der Waals surface area contributed by atoms with E-state index in [0.717, 1.165) is 5.56 Å². The van der Waals surface area contributed by atoms with Crippen LogP contribution in [0.1, 0.15) is 19.4 Å². The van der Waals surface area contributed by atoms with E-state index >= 15 is 0 Å². The number of hydrogen-bond donors (Lipinski definition) is 2. The van der Waals surface area contributed by atoms with Gasteiger partial charge in [-0.3, -0.25) is 4.79 Å². The lowest BCUT2D eigenvalue weighted by Crippen LogP contribution is -2.36. The third-order valence-corrected chi connectivity index (χ3v) is 3.97. The maximum Gasteiger partial charge on any atom is 0.236 e. The molecule has 0 spiro atoms. The smallest absolute Gasteiger partial charge is 0.236 e. The van der Waals surface area contributed by atoms with Crippen molar-refractivity contribution in [2.45, 2.75) is 30.8 Å². The lowest BCUT2D eigenvalue weighted by molar-refractivity contribution is -0.130. The van der Waals surface area contributed by atoms with Crippen molar-refractivity contribution in [1.29, 1.82) is 0 Å². The summed E-state index contributed by atoms with van der Waals surface area (Å²) >= 11 is 1.30. The second kappa shape index (κ2) is 7.12. The number of hydrogen-bond acceptors (Lipinski definition) is 5. The number of rotatable bonds is 6. The Morgan fingerprint density at radius 3 is 2.71 bits per heavy atom. The van der Waals surface area contributed by atoms with Gasteiger partial charge < -0.3 is 10.6 Å². The van der Waals surface area contributed by atoms with Gasteiger partial charge in [-0.15, -0.1) is 5.10 Å². The van der Waals surface area contributed by atoms with Crippen molar-refractivity contribution >= 4 is 23.6 Å². The third-order valence-electron chi connectivity index (χ3n) is 3.02. The maximum absolute atomic E-state index is 12.5. The molecule has 1 aromatic heterocycles. The summed E-state index contributed by atoms with van der Waals surface area (Å²) in [5.74, 6) is 0.323. The van der Waals surface area contributed by atoms with Crippen molar-refractivity contribution in [2.24, 2.45) is 0 Å². The standard InChI is InChI=1S/C14H19N5OS/c1-3-19(9-11-7-5-4-6-8-11)12(20)10(2)21-14-16-13(15)17-18-14/h4-8,10H,3,9H2,1-2H3,(H3,15,16,17,18)/t10-/m1/s1. The molecule has 0 unspecified atom stereocenters. The van der Waals surface area contributed by atoms with Crippen molar-refractivity contribution in [3.05, 3.63) is 35.9 Å². The molecule has 1 aromatic carbocycles. The summed E-state index contributed by atoms with van der Waals surface area (Å²) in [6, 6.07) is 9.95. The van der Waals surface area contributed by atoms with Gasteiger partial charge >= 0.3 is 0 Å². The van der Waals surface area contributed by atoms with E-state index in [1.165, 1.54) is 11.8 Å². The first kappa shape index (κ1) is 15.4. The number of carbonyl (C=O) groups is 1. The molecule has 0 aliphatic carbocycles. The normalized spacial score (nSPS) is 12.1. The van der Waals surface area contributed by atoms with E-state index in [0.29, 0.717) is 18.2 Å². The number of anilines is 1. The first-order valence-electron chi connectivity index (χ1n) is 6.77. The highest BCUT2D eigenvalue weighted by Crippen LogP contribution is 2.21. The Labute approximate surface area is 128 Å². The molecular formula is C14H19N5OS. The Kier molecular flexibility index (Phi) is 5.21. The van der Waals surface area contributed by atoms with Gasteiger partial charge in [0.1, 0.15) is 0 Å². The van der Waals surface area contributed by atoms with Crippen molar-refractivity contribution in [3.8, 4) is 0 Å². The quantitative estimate of drug-likeness (QED) is 0.796. The zero-order chi connectivity index (χ0) is 15.2. The van der Waals surface area contributed by atoms with Gasteiger partial charge in [0, 0.05) is 13.1 Å². The van der Waals surface area contributed by atoms with Crippen LogP contribution in [-0.2, 0) is 11.3 Å². The number of nitrogens with two attached hydrogens (primary N) is 1. The molecule has 0 aliphatic rings. The summed E-state index contributed by atoms with van der Waals surface area (Å²) < 4.78 is 0. The highest BCUT2D eigenvalue weighted by atomic mass is 32.2. The van der Waals surface area contributed by atoms with E-state index in [9.17, 15) is 4.79 Å². The second-order valence-corrected chi connectivity index (χ2v) is 5.91. The number of nitrogens with zero attached hydrogens (tertiary/aromatic N) is 3. The predicted octanol–water partition coefficient (Wildman–Crippen LogP) is 1.92. The first-order valence-corrected chi connectivity index (χ1v) is 7.65. The van der Waals surface area contributed by atoms with E-state index in [2.05, 4.69) is 15.2 Å². The van der Waals surface area contributed by atoms with E-state index in [4.69, 9.17) is 5.73 Å². The van der Waals surface area contributed by atoms with Crippen LogP contribution in [0, 0.1) is 0 Å². The maximum atomic E-state index is 12.5. The summed E-state index contributed by atoms with van der Waals surface area (Å²) in [6.45, 7) is 5.10. The topological polar surface area (TPSA) is 87.9 Å². The van der Waals surface area contributed by atoms with Crippen LogP contribution in [0.25, 0.3) is 0 Å². The summed E-state index contributed by atoms with van der Waals surface area (Å²) in [5, 5.41) is 6.73. The Balaban J connectivity index is 1.98. The molecule has 0 radical (unpaired) electrons. The largest absolute Gasteiger partial charge is 0.368 e. The van der Waals surface area contributed by atoms with Crippen LogP contribution in [0.2, 0.25) is 0 Å². The van der Waals surface area contributed by atoms with Gasteiger partial charge in [0.05, 0.1) is 5.25 Å². The number of aromatic amines is 1. The lowest BCUT2D eigenvalue weighted by atomic mass is 10.2. The Bertz CT molecular complexity index is 586. The number of H-pyrrole nitrogens is 1. The number of aromatic nitrogens is 3. The van der Waals surface area contributed by atoms with Crippen LogP contribution in [0.4, 0.5) is 5.95 Å². The molecular weight excluding hydrogens is 286 g/mol. The minimum Gasteiger partial charge on any atom is -0.368 e. The number of nitrogens with one attached hydrogen (secondary N) is 1. The van der Waals surface area contributed by atoms with Gasteiger partial charge in [-0.2, -0.15) is 4.98 Å². The fourth-order valence-corrected chi connectivity index (χ4v) is 2.74. The van der Waals surface area contributed by atoms with Crippen LogP contribution in [-0.4, -0.2) is 37.8 Å². The SMILES string of the molecule is CCN(Cc1ccccc1)C(=O)[C@@H](C)Sc1n[nH]c(N)n1. The summed E-state index contributed by atoms with van der Waals surface area (Å²) in [7, 11) is 0. The zero-order valence-corrected chi connectivity index (χ0v) is 12.9. The van der Waals surface area contributed by atoms with Gasteiger partial charge in [0.15, 0.2) is 0 Å². The molecule has 0 saturated carbocycles. The number of amides is 1. The molecule has 3 N–H and O–H groups in total. The Morgan fingerprint density at radius 2 is 2.14 bits per heavy atom. The van der Waals surface area contributed by atoms with Crippen LogP contribution >= 0.6 is 11.8 Å². The molecule has 6 nitrogen and oxygen atoms in total. The van der Waals surface area contributed by atoms with E-state index in [1.54, 1.807) is 0 Å². The molecule has 0 aliphatic heterocycles. The molecule has 2 rings (SSSR count). The third kappa shape index (κ3) is 4.22. The summed E-state index contributed by atoms with van der Waals surface area (Å²) in [5.41, 5.74) is 6.60. The van der Waals surface area contributed by atoms with Gasteiger partial charge in [0.25, 0.3) is 0 Å². The molecule has 112 valence electrons. The number of benzene rings is 1. The number of nitrogen functional groups attached to an aromatic ring is 1. The van der Waals surface area contributed by atoms with E-state index in [-0.39, 0.29) is 17.1 Å². The molecule has 1 atom stereocenters. The highest BCUT2D eigenvalue weighted by Gasteiger charge is 2.22. The number of carbonyl (C=O) groups excluding carboxylic acids is 1. The van der Waals surface area contributed by atoms with Crippen LogP contribution < -0.4 is 5.73 Å². The van der Waals surface area contributed by atoms with Gasteiger partial charge in [-0.1, -0.05) is 42.1 Å². The van der Waals surface area contributed by atoms with Gasteiger partial charge in [0.2, 0.25) is 17.0 Å². The highest BCUT2D eigenvalue weighted by molar-refractivity contribution is 8.00. The van der Waals surface area contributed by atoms with Crippen molar-refractivity contribution in [3.63, 3.8) is 0 Å². The summed E-state index contributed by atoms with van der Waals surface area (Å²) in [4.78, 5) is 18.3. The monoisotopic (exact) mass is 305 g/mol. The van der Waals surface area contributed by atoms with Crippen LogP contribution in [0.5, 0.6) is 0 Å². The zero-order valence-electron chi connectivity index (χ0n) is 12.1.